The highest BCUT2D eigenvalue weighted by Crippen LogP contribution is 1.75. The summed E-state index contributed by atoms with van der Waals surface area (Å²) in [4.78, 5) is 9.90. The van der Waals surface area contributed by atoms with Crippen LogP contribution in [0.1, 0.15) is 0 Å². The predicted octanol–water partition coefficient (Wildman–Crippen LogP) is -1.15. The van der Waals surface area contributed by atoms with Crippen LogP contribution in [-0.4, -0.2) is 44.8 Å². The van der Waals surface area contributed by atoms with E-state index in [-0.39, 0.29) is 12.4 Å². The van der Waals surface area contributed by atoms with Gasteiger partial charge in [-0.3, -0.25) is 0 Å². The third kappa shape index (κ3) is 9.18. The number of hydrogen-bond donors (Lipinski definition) is 3. The van der Waals surface area contributed by atoms with Crippen molar-refractivity contribution in [3.8, 4) is 0 Å². The van der Waals surface area contributed by atoms with Gasteiger partial charge in [0.05, 0.1) is 5.88 Å². The molecule has 0 aromatic heterocycles. The molecule has 0 saturated carbocycles. The van der Waals surface area contributed by atoms with Crippen molar-refractivity contribution in [3.63, 3.8) is 0 Å². The molecule has 0 unspecified atom stereocenters. The van der Waals surface area contributed by atoms with E-state index in [0.29, 0.717) is 6.54 Å². The standard InChI is InChI=1S/C5H12N2O4S/c1-12(10,11)4-6-2-3-7-5(8)9/h6-7H,2-4H2,1H3,(H,8,9). The van der Waals surface area contributed by atoms with Gasteiger partial charge in [-0.2, -0.15) is 0 Å². The minimum absolute atomic E-state index is 0.131. The second-order valence-electron chi connectivity index (χ2n) is 2.30. The van der Waals surface area contributed by atoms with E-state index >= 15 is 0 Å². The molecule has 6 nitrogen and oxygen atoms in total. The Balaban J connectivity index is 3.29. The van der Waals surface area contributed by atoms with E-state index in [1.807, 2.05) is 0 Å². The van der Waals surface area contributed by atoms with E-state index in [0.717, 1.165) is 6.26 Å². The molecule has 0 bridgehead atoms. The number of carboxylic acid groups (broad SMARTS) is 1. The van der Waals surface area contributed by atoms with Gasteiger partial charge in [-0.25, -0.2) is 13.2 Å². The highest BCUT2D eigenvalue weighted by atomic mass is 32.2. The molecule has 0 heterocycles. The second kappa shape index (κ2) is 4.94. The Kier molecular flexibility index (Phi) is 4.60. The minimum atomic E-state index is -3.01. The fourth-order valence-corrected chi connectivity index (χ4v) is 1.03. The lowest BCUT2D eigenvalue weighted by Gasteiger charge is -2.02. The number of sulfone groups is 1. The van der Waals surface area contributed by atoms with Crippen molar-refractivity contribution in [1.29, 1.82) is 0 Å². The summed E-state index contributed by atoms with van der Waals surface area (Å²) < 4.78 is 21.1. The van der Waals surface area contributed by atoms with Crippen molar-refractivity contribution in [2.45, 2.75) is 0 Å². The van der Waals surface area contributed by atoms with Crippen LogP contribution in [0.4, 0.5) is 4.79 Å². The first kappa shape index (κ1) is 11.2. The summed E-state index contributed by atoms with van der Waals surface area (Å²) in [5.41, 5.74) is 0. The van der Waals surface area contributed by atoms with Gasteiger partial charge in [0.1, 0.15) is 0 Å². The number of carbonyl (C=O) groups is 1. The Bertz CT molecular complexity index is 236. The number of amides is 1. The highest BCUT2D eigenvalue weighted by Gasteiger charge is 1.99. The quantitative estimate of drug-likeness (QED) is 0.482. The zero-order valence-corrected chi connectivity index (χ0v) is 7.52. The summed E-state index contributed by atoms with van der Waals surface area (Å²) in [5.74, 6) is -0.131. The molecule has 0 fully saturated rings. The highest BCUT2D eigenvalue weighted by molar-refractivity contribution is 7.90. The van der Waals surface area contributed by atoms with Crippen molar-refractivity contribution in [3.05, 3.63) is 0 Å². The van der Waals surface area contributed by atoms with E-state index in [1.165, 1.54) is 0 Å². The molecule has 0 aliphatic heterocycles. The van der Waals surface area contributed by atoms with Crippen LogP contribution >= 0.6 is 0 Å². The molecular weight excluding hydrogens is 184 g/mol. The van der Waals surface area contributed by atoms with Gasteiger partial charge < -0.3 is 15.7 Å². The van der Waals surface area contributed by atoms with Crippen LogP contribution in [0.25, 0.3) is 0 Å². The van der Waals surface area contributed by atoms with Gasteiger partial charge >= 0.3 is 6.09 Å². The molecule has 3 N–H and O–H groups in total. The average molecular weight is 196 g/mol. The van der Waals surface area contributed by atoms with Gasteiger partial charge in [0, 0.05) is 19.3 Å². The van der Waals surface area contributed by atoms with Crippen molar-refractivity contribution >= 4 is 15.9 Å². The molecule has 0 atom stereocenters. The van der Waals surface area contributed by atoms with Crippen LogP contribution in [-0.2, 0) is 9.84 Å². The van der Waals surface area contributed by atoms with Crippen molar-refractivity contribution in [2.75, 3.05) is 25.2 Å². The molecule has 0 aliphatic carbocycles. The number of nitrogens with one attached hydrogen (secondary N) is 2. The first-order chi connectivity index (χ1) is 5.42. The summed E-state index contributed by atoms with van der Waals surface area (Å²) in [6, 6.07) is 0. The fraction of sp³-hybridized carbons (Fsp3) is 0.800. The van der Waals surface area contributed by atoms with Crippen molar-refractivity contribution in [1.82, 2.24) is 10.6 Å². The van der Waals surface area contributed by atoms with Gasteiger partial charge in [0.2, 0.25) is 0 Å². The Morgan fingerprint density at radius 1 is 1.42 bits per heavy atom. The van der Waals surface area contributed by atoms with Crippen LogP contribution in [0, 0.1) is 0 Å². The SMILES string of the molecule is CS(=O)(=O)CNCCNC(=O)O. The Labute approximate surface area is 70.9 Å². The lowest BCUT2D eigenvalue weighted by atomic mass is 10.6. The second-order valence-corrected chi connectivity index (χ2v) is 4.44. The Morgan fingerprint density at radius 2 is 2.00 bits per heavy atom. The lowest BCUT2D eigenvalue weighted by Crippen LogP contribution is -2.32. The minimum Gasteiger partial charge on any atom is -0.465 e. The van der Waals surface area contributed by atoms with Crippen LogP contribution in [0.2, 0.25) is 0 Å². The third-order valence-electron chi connectivity index (χ3n) is 0.942. The van der Waals surface area contributed by atoms with E-state index in [9.17, 15) is 13.2 Å². The molecule has 0 spiro atoms. The van der Waals surface area contributed by atoms with Gasteiger partial charge in [-0.15, -0.1) is 0 Å². The van der Waals surface area contributed by atoms with Crippen molar-refractivity contribution in [2.24, 2.45) is 0 Å². The van der Waals surface area contributed by atoms with E-state index in [1.54, 1.807) is 0 Å². The molecule has 0 aromatic rings. The predicted molar refractivity (Wildman–Crippen MR) is 43.7 cm³/mol. The topological polar surface area (TPSA) is 95.5 Å². The normalized spacial score (nSPS) is 11.1. The maximum Gasteiger partial charge on any atom is 0.404 e. The first-order valence-corrected chi connectivity index (χ1v) is 5.33. The molecule has 0 aliphatic rings. The fourth-order valence-electron chi connectivity index (χ4n) is 0.515. The molecular formula is C5H12N2O4S. The summed E-state index contributed by atoms with van der Waals surface area (Å²) in [6.45, 7) is 0.504. The smallest absolute Gasteiger partial charge is 0.404 e. The summed E-state index contributed by atoms with van der Waals surface area (Å²) in [6.07, 6.45) is -0.0129. The molecule has 12 heavy (non-hydrogen) atoms. The largest absolute Gasteiger partial charge is 0.465 e. The molecule has 0 rings (SSSR count). The summed E-state index contributed by atoms with van der Waals surface area (Å²) in [7, 11) is -3.01. The molecule has 0 aromatic carbocycles. The molecule has 0 saturated heterocycles. The maximum atomic E-state index is 10.5. The Hall–Kier alpha value is -0.820. The Morgan fingerprint density at radius 3 is 2.42 bits per heavy atom. The molecule has 72 valence electrons. The van der Waals surface area contributed by atoms with Crippen molar-refractivity contribution < 1.29 is 18.3 Å². The summed E-state index contributed by atoms with van der Waals surface area (Å²) >= 11 is 0. The summed E-state index contributed by atoms with van der Waals surface area (Å²) in [5, 5.41) is 12.8. The third-order valence-corrected chi connectivity index (χ3v) is 1.67. The average Bonchev–Trinajstić information content (AvgIpc) is 1.83. The number of rotatable bonds is 5. The monoisotopic (exact) mass is 196 g/mol. The number of hydrogen-bond acceptors (Lipinski definition) is 4. The van der Waals surface area contributed by atoms with Gasteiger partial charge in [-0.05, 0) is 0 Å². The van der Waals surface area contributed by atoms with E-state index < -0.39 is 15.9 Å². The van der Waals surface area contributed by atoms with Crippen LogP contribution in [0.3, 0.4) is 0 Å². The van der Waals surface area contributed by atoms with E-state index in [2.05, 4.69) is 10.6 Å². The maximum absolute atomic E-state index is 10.5. The molecule has 7 heteroatoms. The van der Waals surface area contributed by atoms with Gasteiger partial charge in [-0.1, -0.05) is 0 Å². The first-order valence-electron chi connectivity index (χ1n) is 3.27. The zero-order chi connectivity index (χ0) is 9.61. The van der Waals surface area contributed by atoms with Crippen LogP contribution in [0.15, 0.2) is 0 Å². The lowest BCUT2D eigenvalue weighted by molar-refractivity contribution is 0.194. The molecule has 0 radical (unpaired) electrons. The van der Waals surface area contributed by atoms with Gasteiger partial charge in [0.25, 0.3) is 0 Å². The van der Waals surface area contributed by atoms with E-state index in [4.69, 9.17) is 5.11 Å². The van der Waals surface area contributed by atoms with Crippen LogP contribution in [0.5, 0.6) is 0 Å². The molecule has 1 amide bonds. The van der Waals surface area contributed by atoms with Gasteiger partial charge in [0.15, 0.2) is 9.84 Å². The van der Waals surface area contributed by atoms with Crippen LogP contribution < -0.4 is 10.6 Å². The zero-order valence-electron chi connectivity index (χ0n) is 6.70.